The highest BCUT2D eigenvalue weighted by Gasteiger charge is 2.12. The molecule has 0 saturated carbocycles. The van der Waals surface area contributed by atoms with E-state index in [1.54, 1.807) is 0 Å². The molecule has 0 fully saturated rings. The number of hydrogen-bond donors (Lipinski definition) is 1. The molecule has 0 aliphatic carbocycles. The molecule has 7 heteroatoms. The van der Waals surface area contributed by atoms with Gasteiger partial charge in [-0.25, -0.2) is 14.2 Å². The summed E-state index contributed by atoms with van der Waals surface area (Å²) in [5, 5.41) is 8.69. The predicted molar refractivity (Wildman–Crippen MR) is 62.0 cm³/mol. The van der Waals surface area contributed by atoms with Crippen LogP contribution in [0.15, 0.2) is 30.5 Å². The van der Waals surface area contributed by atoms with Crippen LogP contribution in [0.4, 0.5) is 4.39 Å². The Bertz CT molecular complexity index is 618. The molecule has 0 amide bonds. The standard InChI is InChI=1S/C12H9FN2O4/c1-18-10-4-5-14-12(15-10)19-7-2-3-8(11(16)17)9(13)6-7/h2-6H,1H3,(H,16,17). The molecule has 0 saturated heterocycles. The maximum atomic E-state index is 13.4. The summed E-state index contributed by atoms with van der Waals surface area (Å²) >= 11 is 0. The Kier molecular flexibility index (Phi) is 3.56. The zero-order chi connectivity index (χ0) is 13.8. The Morgan fingerprint density at radius 3 is 2.79 bits per heavy atom. The van der Waals surface area contributed by atoms with E-state index < -0.39 is 17.3 Å². The molecule has 98 valence electrons. The number of nitrogens with zero attached hydrogens (tertiary/aromatic N) is 2. The van der Waals surface area contributed by atoms with Crippen molar-refractivity contribution >= 4 is 5.97 Å². The molecule has 1 heterocycles. The lowest BCUT2D eigenvalue weighted by molar-refractivity contribution is 0.0692. The summed E-state index contributed by atoms with van der Waals surface area (Å²) < 4.78 is 23.5. The summed E-state index contributed by atoms with van der Waals surface area (Å²) in [6, 6.07) is 4.87. The van der Waals surface area contributed by atoms with Crippen molar-refractivity contribution in [2.75, 3.05) is 7.11 Å². The number of benzene rings is 1. The Balaban J connectivity index is 2.23. The quantitative estimate of drug-likeness (QED) is 0.910. The molecule has 0 aliphatic heterocycles. The van der Waals surface area contributed by atoms with E-state index in [9.17, 15) is 9.18 Å². The third-order valence-electron chi connectivity index (χ3n) is 2.20. The Labute approximate surface area is 107 Å². The second-order valence-electron chi connectivity index (χ2n) is 3.43. The van der Waals surface area contributed by atoms with Crippen molar-refractivity contribution in [2.24, 2.45) is 0 Å². The lowest BCUT2D eigenvalue weighted by Crippen LogP contribution is -2.01. The van der Waals surface area contributed by atoms with Gasteiger partial charge in [-0.15, -0.1) is 0 Å². The maximum Gasteiger partial charge on any atom is 0.338 e. The van der Waals surface area contributed by atoms with Gasteiger partial charge in [0.2, 0.25) is 5.88 Å². The normalized spacial score (nSPS) is 10.0. The zero-order valence-corrected chi connectivity index (χ0v) is 9.83. The largest absolute Gasteiger partial charge is 0.481 e. The average Bonchev–Trinajstić information content (AvgIpc) is 2.38. The van der Waals surface area contributed by atoms with Gasteiger partial charge in [-0.05, 0) is 12.1 Å². The van der Waals surface area contributed by atoms with Gasteiger partial charge >= 0.3 is 12.0 Å². The van der Waals surface area contributed by atoms with Crippen molar-refractivity contribution in [3.8, 4) is 17.6 Å². The van der Waals surface area contributed by atoms with Crippen LogP contribution in [0, 0.1) is 5.82 Å². The van der Waals surface area contributed by atoms with Gasteiger partial charge < -0.3 is 14.6 Å². The number of aromatic nitrogens is 2. The number of carboxylic acid groups (broad SMARTS) is 1. The smallest absolute Gasteiger partial charge is 0.338 e. The number of carbonyl (C=O) groups is 1. The molecule has 0 spiro atoms. The van der Waals surface area contributed by atoms with Crippen LogP contribution >= 0.6 is 0 Å². The molecule has 0 atom stereocenters. The highest BCUT2D eigenvalue weighted by molar-refractivity contribution is 5.88. The number of methoxy groups -OCH3 is 1. The minimum atomic E-state index is -1.35. The number of rotatable bonds is 4. The minimum absolute atomic E-state index is 0.0261. The summed E-state index contributed by atoms with van der Waals surface area (Å²) in [6.07, 6.45) is 1.42. The minimum Gasteiger partial charge on any atom is -0.481 e. The fraction of sp³-hybridized carbons (Fsp3) is 0.0833. The molecule has 2 aromatic rings. The van der Waals surface area contributed by atoms with E-state index in [4.69, 9.17) is 14.6 Å². The molecule has 1 aromatic carbocycles. The summed E-state index contributed by atoms with van der Waals surface area (Å²) in [7, 11) is 1.44. The van der Waals surface area contributed by atoms with Gasteiger partial charge in [-0.2, -0.15) is 4.98 Å². The van der Waals surface area contributed by atoms with E-state index in [0.717, 1.165) is 12.1 Å². The SMILES string of the molecule is COc1ccnc(Oc2ccc(C(=O)O)c(F)c2)n1. The molecule has 0 bridgehead atoms. The predicted octanol–water partition coefficient (Wildman–Crippen LogP) is 2.11. The van der Waals surface area contributed by atoms with Crippen molar-refractivity contribution in [1.29, 1.82) is 0 Å². The van der Waals surface area contributed by atoms with Crippen LogP contribution in [-0.2, 0) is 0 Å². The van der Waals surface area contributed by atoms with Crippen molar-refractivity contribution < 1.29 is 23.8 Å². The van der Waals surface area contributed by atoms with Gasteiger partial charge in [0, 0.05) is 18.3 Å². The van der Waals surface area contributed by atoms with Crippen molar-refractivity contribution in [3.63, 3.8) is 0 Å². The Morgan fingerprint density at radius 2 is 2.16 bits per heavy atom. The lowest BCUT2D eigenvalue weighted by Gasteiger charge is -2.05. The molecule has 0 radical (unpaired) electrons. The topological polar surface area (TPSA) is 81.5 Å². The van der Waals surface area contributed by atoms with Crippen molar-refractivity contribution in [2.45, 2.75) is 0 Å². The van der Waals surface area contributed by atoms with Crippen LogP contribution in [0.25, 0.3) is 0 Å². The average molecular weight is 264 g/mol. The van der Waals surface area contributed by atoms with E-state index in [2.05, 4.69) is 9.97 Å². The number of hydrogen-bond acceptors (Lipinski definition) is 5. The molecule has 19 heavy (non-hydrogen) atoms. The summed E-state index contributed by atoms with van der Waals surface area (Å²) in [5.74, 6) is -1.85. The number of halogens is 1. The second kappa shape index (κ2) is 5.30. The van der Waals surface area contributed by atoms with E-state index in [1.807, 2.05) is 0 Å². The summed E-state index contributed by atoms with van der Waals surface area (Å²) in [4.78, 5) is 18.3. The molecule has 0 aliphatic rings. The number of aromatic carboxylic acids is 1. The third-order valence-corrected chi connectivity index (χ3v) is 2.20. The molecular weight excluding hydrogens is 255 g/mol. The fourth-order valence-electron chi connectivity index (χ4n) is 1.33. The third kappa shape index (κ3) is 2.95. The van der Waals surface area contributed by atoms with Crippen LogP contribution in [0.1, 0.15) is 10.4 Å². The van der Waals surface area contributed by atoms with Gasteiger partial charge in [0.1, 0.15) is 11.6 Å². The molecule has 0 unspecified atom stereocenters. The molecule has 1 aromatic heterocycles. The van der Waals surface area contributed by atoms with Crippen LogP contribution in [0.3, 0.4) is 0 Å². The maximum absolute atomic E-state index is 13.4. The Hall–Kier alpha value is -2.70. The van der Waals surface area contributed by atoms with Gasteiger partial charge in [-0.1, -0.05) is 0 Å². The monoisotopic (exact) mass is 264 g/mol. The number of ether oxygens (including phenoxy) is 2. The second-order valence-corrected chi connectivity index (χ2v) is 3.43. The summed E-state index contributed by atoms with van der Waals surface area (Å²) in [6.45, 7) is 0. The van der Waals surface area contributed by atoms with Crippen LogP contribution in [0.5, 0.6) is 17.6 Å². The van der Waals surface area contributed by atoms with Crippen molar-refractivity contribution in [3.05, 3.63) is 41.8 Å². The van der Waals surface area contributed by atoms with Crippen LogP contribution in [-0.4, -0.2) is 28.2 Å². The first-order chi connectivity index (χ1) is 9.10. The molecular formula is C12H9FN2O4. The van der Waals surface area contributed by atoms with Gasteiger partial charge in [-0.3, -0.25) is 0 Å². The first kappa shape index (κ1) is 12.7. The Morgan fingerprint density at radius 1 is 1.37 bits per heavy atom. The molecule has 1 N–H and O–H groups in total. The summed E-state index contributed by atoms with van der Waals surface area (Å²) in [5.41, 5.74) is -0.432. The van der Waals surface area contributed by atoms with Gasteiger partial charge in [0.05, 0.1) is 12.7 Å². The molecule has 6 nitrogen and oxygen atoms in total. The zero-order valence-electron chi connectivity index (χ0n) is 9.83. The van der Waals surface area contributed by atoms with E-state index in [-0.39, 0.29) is 11.8 Å². The van der Waals surface area contributed by atoms with E-state index in [0.29, 0.717) is 5.88 Å². The molecule has 2 rings (SSSR count). The first-order valence-electron chi connectivity index (χ1n) is 5.18. The van der Waals surface area contributed by atoms with Gasteiger partial charge in [0.15, 0.2) is 0 Å². The highest BCUT2D eigenvalue weighted by atomic mass is 19.1. The van der Waals surface area contributed by atoms with E-state index >= 15 is 0 Å². The van der Waals surface area contributed by atoms with Gasteiger partial charge in [0.25, 0.3) is 0 Å². The lowest BCUT2D eigenvalue weighted by atomic mass is 10.2. The van der Waals surface area contributed by atoms with Crippen LogP contribution < -0.4 is 9.47 Å². The first-order valence-corrected chi connectivity index (χ1v) is 5.18. The number of carboxylic acids is 1. The van der Waals surface area contributed by atoms with Crippen molar-refractivity contribution in [1.82, 2.24) is 9.97 Å². The fourth-order valence-corrected chi connectivity index (χ4v) is 1.33. The highest BCUT2D eigenvalue weighted by Crippen LogP contribution is 2.22. The van der Waals surface area contributed by atoms with E-state index in [1.165, 1.54) is 25.4 Å². The van der Waals surface area contributed by atoms with Crippen LogP contribution in [0.2, 0.25) is 0 Å².